The topological polar surface area (TPSA) is 12.5 Å². The summed E-state index contributed by atoms with van der Waals surface area (Å²) in [5.74, 6) is 0.866. The Morgan fingerprint density at radius 1 is 1.57 bits per heavy atom. The van der Waals surface area contributed by atoms with Gasteiger partial charge in [0.25, 0.3) is 0 Å². The second-order valence-electron chi connectivity index (χ2n) is 3.14. The van der Waals surface area contributed by atoms with Crippen LogP contribution in [0.4, 0.5) is 5.69 Å². The molecular weight excluding hydrogens is 265 g/mol. The van der Waals surface area contributed by atoms with Crippen LogP contribution in [0.2, 0.25) is 5.02 Å². The molecule has 1 heterocycles. The quantitative estimate of drug-likeness (QED) is 0.780. The molecule has 1 aromatic rings. The highest BCUT2D eigenvalue weighted by Gasteiger charge is 2.21. The van der Waals surface area contributed by atoms with Gasteiger partial charge in [0.1, 0.15) is 6.61 Å². The number of likely N-dealkylation sites (N-methyl/N-ethyl adjacent to an activating group) is 1. The summed E-state index contributed by atoms with van der Waals surface area (Å²) in [6.07, 6.45) is 0. The Labute approximate surface area is 96.9 Å². The largest absolute Gasteiger partial charge is 0.488 e. The van der Waals surface area contributed by atoms with E-state index < -0.39 is 0 Å². The van der Waals surface area contributed by atoms with Crippen LogP contribution < -0.4 is 9.64 Å². The summed E-state index contributed by atoms with van der Waals surface area (Å²) in [5, 5.41) is 0.754. The lowest BCUT2D eigenvalue weighted by atomic mass is 10.2. The molecule has 1 aliphatic rings. The summed E-state index contributed by atoms with van der Waals surface area (Å²) in [7, 11) is 0. The van der Waals surface area contributed by atoms with Crippen molar-refractivity contribution >= 4 is 33.2 Å². The number of rotatable bonds is 1. The molecule has 0 radical (unpaired) electrons. The van der Waals surface area contributed by atoms with Crippen molar-refractivity contribution in [3.05, 3.63) is 21.6 Å². The highest BCUT2D eigenvalue weighted by Crippen LogP contribution is 2.42. The summed E-state index contributed by atoms with van der Waals surface area (Å²) < 4.78 is 6.56. The Morgan fingerprint density at radius 3 is 3.07 bits per heavy atom. The van der Waals surface area contributed by atoms with Crippen molar-refractivity contribution in [1.29, 1.82) is 0 Å². The third kappa shape index (κ3) is 1.59. The molecule has 0 N–H and O–H groups in total. The van der Waals surface area contributed by atoms with Crippen LogP contribution in [0, 0.1) is 0 Å². The van der Waals surface area contributed by atoms with E-state index in [4.69, 9.17) is 16.3 Å². The molecule has 0 aliphatic carbocycles. The van der Waals surface area contributed by atoms with E-state index in [9.17, 15) is 0 Å². The van der Waals surface area contributed by atoms with Crippen molar-refractivity contribution in [2.24, 2.45) is 0 Å². The van der Waals surface area contributed by atoms with Gasteiger partial charge in [0.05, 0.1) is 21.7 Å². The number of benzene rings is 1. The summed E-state index contributed by atoms with van der Waals surface area (Å²) in [4.78, 5) is 2.23. The Balaban J connectivity index is 2.55. The molecule has 4 heteroatoms. The number of nitrogens with zero attached hydrogens (tertiary/aromatic N) is 1. The van der Waals surface area contributed by atoms with E-state index in [2.05, 4.69) is 27.8 Å². The van der Waals surface area contributed by atoms with E-state index in [1.807, 2.05) is 12.1 Å². The minimum atomic E-state index is 0.722. The lowest BCUT2D eigenvalue weighted by Crippen LogP contribution is -2.32. The van der Waals surface area contributed by atoms with Gasteiger partial charge in [-0.2, -0.15) is 0 Å². The number of halogens is 2. The standard InChI is InChI=1S/C10H11BrClNO/c1-2-13-5-6-14-10-7(11)3-4-8(12)9(10)13/h3-4H,2,5-6H2,1H3. The zero-order valence-corrected chi connectivity index (χ0v) is 10.2. The van der Waals surface area contributed by atoms with Gasteiger partial charge < -0.3 is 9.64 Å². The fraction of sp³-hybridized carbons (Fsp3) is 0.400. The predicted molar refractivity (Wildman–Crippen MR) is 62.5 cm³/mol. The average molecular weight is 277 g/mol. The normalized spacial score (nSPS) is 14.9. The molecule has 0 spiro atoms. The summed E-state index contributed by atoms with van der Waals surface area (Å²) in [6, 6.07) is 3.81. The summed E-state index contributed by atoms with van der Waals surface area (Å²) in [5.41, 5.74) is 1.01. The number of hydrogen-bond donors (Lipinski definition) is 0. The first kappa shape index (κ1) is 10.1. The van der Waals surface area contributed by atoms with Crippen LogP contribution in [-0.4, -0.2) is 19.7 Å². The van der Waals surface area contributed by atoms with Gasteiger partial charge >= 0.3 is 0 Å². The van der Waals surface area contributed by atoms with Gasteiger partial charge in [-0.1, -0.05) is 11.6 Å². The van der Waals surface area contributed by atoms with Crippen LogP contribution in [0.15, 0.2) is 16.6 Å². The first-order chi connectivity index (χ1) is 6.74. The third-order valence-corrected chi connectivity index (χ3v) is 3.27. The van der Waals surface area contributed by atoms with Crippen molar-refractivity contribution in [3.63, 3.8) is 0 Å². The lowest BCUT2D eigenvalue weighted by molar-refractivity contribution is 0.306. The molecule has 0 fully saturated rings. The fourth-order valence-corrected chi connectivity index (χ4v) is 2.34. The van der Waals surface area contributed by atoms with Crippen LogP contribution in [0.25, 0.3) is 0 Å². The zero-order chi connectivity index (χ0) is 10.1. The summed E-state index contributed by atoms with van der Waals surface area (Å²) >= 11 is 9.61. The van der Waals surface area contributed by atoms with Crippen molar-refractivity contribution in [2.75, 3.05) is 24.6 Å². The molecule has 1 aromatic carbocycles. The van der Waals surface area contributed by atoms with Gasteiger partial charge in [-0.15, -0.1) is 0 Å². The Hall–Kier alpha value is -0.410. The van der Waals surface area contributed by atoms with Crippen LogP contribution in [0.5, 0.6) is 5.75 Å². The van der Waals surface area contributed by atoms with Gasteiger partial charge in [0.15, 0.2) is 5.75 Å². The molecule has 76 valence electrons. The highest BCUT2D eigenvalue weighted by atomic mass is 79.9. The van der Waals surface area contributed by atoms with Gasteiger partial charge in [-0.25, -0.2) is 0 Å². The summed E-state index contributed by atoms with van der Waals surface area (Å²) in [6.45, 7) is 4.69. The number of hydrogen-bond acceptors (Lipinski definition) is 2. The molecule has 14 heavy (non-hydrogen) atoms. The maximum Gasteiger partial charge on any atom is 0.158 e. The van der Waals surface area contributed by atoms with Crippen LogP contribution in [0.1, 0.15) is 6.92 Å². The van der Waals surface area contributed by atoms with Gasteiger partial charge in [0, 0.05) is 6.54 Å². The van der Waals surface area contributed by atoms with Crippen LogP contribution in [-0.2, 0) is 0 Å². The molecule has 0 atom stereocenters. The first-order valence-corrected chi connectivity index (χ1v) is 5.77. The number of anilines is 1. The molecule has 2 nitrogen and oxygen atoms in total. The SMILES string of the molecule is CCN1CCOc2c(Br)ccc(Cl)c21. The number of ether oxygens (including phenoxy) is 1. The van der Waals surface area contributed by atoms with Crippen LogP contribution >= 0.6 is 27.5 Å². The van der Waals surface area contributed by atoms with E-state index in [1.165, 1.54) is 0 Å². The average Bonchev–Trinajstić information content (AvgIpc) is 2.23. The monoisotopic (exact) mass is 275 g/mol. The molecule has 1 aliphatic heterocycles. The van der Waals surface area contributed by atoms with Crippen molar-refractivity contribution in [2.45, 2.75) is 6.92 Å². The molecule has 0 saturated carbocycles. The third-order valence-electron chi connectivity index (χ3n) is 2.34. The molecule has 0 saturated heterocycles. The fourth-order valence-electron chi connectivity index (χ4n) is 1.64. The predicted octanol–water partition coefficient (Wildman–Crippen LogP) is 3.32. The van der Waals surface area contributed by atoms with Crippen molar-refractivity contribution in [1.82, 2.24) is 0 Å². The molecule has 2 rings (SSSR count). The van der Waals surface area contributed by atoms with Crippen LogP contribution in [0.3, 0.4) is 0 Å². The maximum absolute atomic E-state index is 6.15. The van der Waals surface area contributed by atoms with Gasteiger partial charge in [-0.05, 0) is 35.0 Å². The molecular formula is C10H11BrClNO. The smallest absolute Gasteiger partial charge is 0.158 e. The van der Waals surface area contributed by atoms with Crippen molar-refractivity contribution < 1.29 is 4.74 Å². The van der Waals surface area contributed by atoms with E-state index in [0.717, 1.165) is 40.6 Å². The first-order valence-electron chi connectivity index (χ1n) is 4.59. The highest BCUT2D eigenvalue weighted by molar-refractivity contribution is 9.10. The van der Waals surface area contributed by atoms with E-state index in [0.29, 0.717) is 0 Å². The zero-order valence-electron chi connectivity index (χ0n) is 7.89. The number of fused-ring (bicyclic) bond motifs is 1. The molecule has 0 unspecified atom stereocenters. The van der Waals surface area contributed by atoms with Gasteiger partial charge in [-0.3, -0.25) is 0 Å². The van der Waals surface area contributed by atoms with E-state index in [1.54, 1.807) is 0 Å². The minimum absolute atomic E-state index is 0.722. The van der Waals surface area contributed by atoms with Gasteiger partial charge in [0.2, 0.25) is 0 Å². The van der Waals surface area contributed by atoms with E-state index in [-0.39, 0.29) is 0 Å². The Morgan fingerprint density at radius 2 is 2.36 bits per heavy atom. The van der Waals surface area contributed by atoms with E-state index >= 15 is 0 Å². The molecule has 0 aromatic heterocycles. The second kappa shape index (κ2) is 3.99. The minimum Gasteiger partial charge on any atom is -0.488 e. The lowest BCUT2D eigenvalue weighted by Gasteiger charge is -2.31. The maximum atomic E-state index is 6.15. The van der Waals surface area contributed by atoms with Crippen molar-refractivity contribution in [3.8, 4) is 5.75 Å². The Bertz CT molecular complexity index is 356. The Kier molecular flexibility index (Phi) is 2.88. The second-order valence-corrected chi connectivity index (χ2v) is 4.40. The molecule has 0 bridgehead atoms. The molecule has 0 amide bonds.